The fraction of sp³-hybridized carbons (Fsp3) is 0.409. The van der Waals surface area contributed by atoms with E-state index in [9.17, 15) is 17.6 Å². The van der Waals surface area contributed by atoms with Gasteiger partial charge < -0.3 is 10.1 Å². The lowest BCUT2D eigenvalue weighted by Crippen LogP contribution is -2.32. The number of carbonyl (C=O) groups excluding carboxylic acids is 1. The maximum Gasteiger partial charge on any atom is 0.251 e. The molecule has 1 aliphatic heterocycles. The molecule has 0 saturated carbocycles. The molecule has 1 heterocycles. The monoisotopic (exact) mass is 434 g/mol. The zero-order valence-electron chi connectivity index (χ0n) is 17.2. The van der Waals surface area contributed by atoms with Gasteiger partial charge in [-0.3, -0.25) is 4.79 Å². The van der Waals surface area contributed by atoms with Crippen molar-refractivity contribution < 1.29 is 22.3 Å². The smallest absolute Gasteiger partial charge is 0.251 e. The van der Waals surface area contributed by atoms with Gasteiger partial charge in [0.1, 0.15) is 16.5 Å². The van der Waals surface area contributed by atoms with E-state index in [1.807, 2.05) is 0 Å². The van der Waals surface area contributed by atoms with Crippen LogP contribution < -0.4 is 10.1 Å². The van der Waals surface area contributed by atoms with E-state index in [1.54, 1.807) is 19.1 Å². The second-order valence-corrected chi connectivity index (χ2v) is 9.34. The summed E-state index contributed by atoms with van der Waals surface area (Å²) in [7, 11) is -2.37. The van der Waals surface area contributed by atoms with Crippen molar-refractivity contribution in [3.8, 4) is 5.75 Å². The van der Waals surface area contributed by atoms with Crippen molar-refractivity contribution in [3.63, 3.8) is 0 Å². The Balaban J connectivity index is 1.86. The van der Waals surface area contributed by atoms with Crippen molar-refractivity contribution in [2.75, 3.05) is 20.2 Å². The fourth-order valence-corrected chi connectivity index (χ4v) is 5.25. The van der Waals surface area contributed by atoms with Gasteiger partial charge in [0, 0.05) is 18.7 Å². The summed E-state index contributed by atoms with van der Waals surface area (Å²) in [6, 6.07) is 9.90. The summed E-state index contributed by atoms with van der Waals surface area (Å²) in [5.74, 6) is -0.556. The van der Waals surface area contributed by atoms with E-state index in [-0.39, 0.29) is 28.1 Å². The molecule has 1 saturated heterocycles. The molecule has 0 aromatic heterocycles. The van der Waals surface area contributed by atoms with Gasteiger partial charge in [0.25, 0.3) is 5.91 Å². The third-order valence-corrected chi connectivity index (χ3v) is 7.25. The summed E-state index contributed by atoms with van der Waals surface area (Å²) < 4.78 is 46.4. The van der Waals surface area contributed by atoms with E-state index in [0.717, 1.165) is 31.2 Å². The first-order valence-corrected chi connectivity index (χ1v) is 11.5. The standard InChI is InChI=1S/C22H27FN2O4S/c1-16(17-7-10-19(23)11-8-17)24-22(26)18-9-12-20(29-2)21(15-18)30(27,28)25-13-5-3-4-6-14-25/h7-12,15-16H,3-6,13-14H2,1-2H3,(H,24,26). The minimum atomic E-state index is -3.78. The molecule has 8 heteroatoms. The molecule has 1 atom stereocenters. The quantitative estimate of drug-likeness (QED) is 0.748. The number of carbonyl (C=O) groups is 1. The van der Waals surface area contributed by atoms with E-state index in [2.05, 4.69) is 5.32 Å². The van der Waals surface area contributed by atoms with Gasteiger partial charge in [-0.2, -0.15) is 4.31 Å². The number of benzene rings is 2. The molecule has 0 spiro atoms. The minimum Gasteiger partial charge on any atom is -0.495 e. The molecule has 1 N–H and O–H groups in total. The first kappa shape index (κ1) is 22.2. The second-order valence-electron chi connectivity index (χ2n) is 7.43. The summed E-state index contributed by atoms with van der Waals surface area (Å²) in [5, 5.41) is 2.83. The summed E-state index contributed by atoms with van der Waals surface area (Å²) in [5.41, 5.74) is 0.967. The van der Waals surface area contributed by atoms with E-state index >= 15 is 0 Å². The number of ether oxygens (including phenoxy) is 1. The van der Waals surface area contributed by atoms with Crippen LogP contribution in [0.2, 0.25) is 0 Å². The van der Waals surface area contributed by atoms with Gasteiger partial charge in [-0.1, -0.05) is 25.0 Å². The third-order valence-electron chi connectivity index (χ3n) is 5.33. The molecule has 162 valence electrons. The average molecular weight is 435 g/mol. The Labute approximate surface area is 177 Å². The average Bonchev–Trinajstić information content (AvgIpc) is 3.04. The molecular weight excluding hydrogens is 407 g/mol. The highest BCUT2D eigenvalue weighted by Crippen LogP contribution is 2.29. The lowest BCUT2D eigenvalue weighted by atomic mass is 10.1. The van der Waals surface area contributed by atoms with E-state index < -0.39 is 15.9 Å². The maximum absolute atomic E-state index is 13.2. The number of methoxy groups -OCH3 is 1. The second kappa shape index (κ2) is 9.57. The molecule has 0 aliphatic carbocycles. The lowest BCUT2D eigenvalue weighted by Gasteiger charge is -2.22. The van der Waals surface area contributed by atoms with Gasteiger partial charge in [-0.25, -0.2) is 12.8 Å². The topological polar surface area (TPSA) is 75.7 Å². The Morgan fingerprint density at radius 2 is 1.70 bits per heavy atom. The van der Waals surface area contributed by atoms with Gasteiger partial charge in [0.05, 0.1) is 13.2 Å². The van der Waals surface area contributed by atoms with E-state index in [4.69, 9.17) is 4.74 Å². The first-order chi connectivity index (χ1) is 14.3. The van der Waals surface area contributed by atoms with Gasteiger partial charge in [0.15, 0.2) is 0 Å². The Morgan fingerprint density at radius 3 is 2.30 bits per heavy atom. The molecule has 1 aliphatic rings. The van der Waals surface area contributed by atoms with Crippen LogP contribution >= 0.6 is 0 Å². The van der Waals surface area contributed by atoms with Gasteiger partial charge in [-0.05, 0) is 55.7 Å². The normalized spacial score (nSPS) is 16.5. The van der Waals surface area contributed by atoms with E-state index in [1.165, 1.54) is 41.7 Å². The Hall–Kier alpha value is -2.45. The number of hydrogen-bond acceptors (Lipinski definition) is 4. The van der Waals surface area contributed by atoms with Crippen molar-refractivity contribution in [3.05, 3.63) is 59.4 Å². The number of halogens is 1. The van der Waals surface area contributed by atoms with Crippen LogP contribution in [0.1, 0.15) is 54.6 Å². The number of amides is 1. The number of sulfonamides is 1. The van der Waals surface area contributed by atoms with Crippen molar-refractivity contribution in [1.29, 1.82) is 0 Å². The molecule has 2 aromatic carbocycles. The molecule has 1 unspecified atom stereocenters. The summed E-state index contributed by atoms with van der Waals surface area (Å²) in [4.78, 5) is 12.8. The van der Waals surface area contributed by atoms with Gasteiger partial charge in [0.2, 0.25) is 10.0 Å². The summed E-state index contributed by atoms with van der Waals surface area (Å²) in [6.45, 7) is 2.70. The highest BCUT2D eigenvalue weighted by Gasteiger charge is 2.29. The summed E-state index contributed by atoms with van der Waals surface area (Å²) in [6.07, 6.45) is 3.65. The highest BCUT2D eigenvalue weighted by atomic mass is 32.2. The molecule has 1 fully saturated rings. The molecule has 30 heavy (non-hydrogen) atoms. The number of nitrogens with zero attached hydrogens (tertiary/aromatic N) is 1. The van der Waals surface area contributed by atoms with Crippen LogP contribution in [0.5, 0.6) is 5.75 Å². The molecule has 1 amide bonds. The predicted octanol–water partition coefficient (Wildman–Crippen LogP) is 3.89. The SMILES string of the molecule is COc1ccc(C(=O)NC(C)c2ccc(F)cc2)cc1S(=O)(=O)N1CCCCCC1. The molecule has 0 bridgehead atoms. The van der Waals surface area contributed by atoms with Crippen LogP contribution in [0.3, 0.4) is 0 Å². The molecule has 6 nitrogen and oxygen atoms in total. The first-order valence-electron chi connectivity index (χ1n) is 10.1. The van der Waals surface area contributed by atoms with Crippen LogP contribution in [0, 0.1) is 5.82 Å². The van der Waals surface area contributed by atoms with Crippen LogP contribution in [0.4, 0.5) is 4.39 Å². The largest absolute Gasteiger partial charge is 0.495 e. The molecular formula is C22H27FN2O4S. The van der Waals surface area contributed by atoms with Crippen molar-refractivity contribution in [2.45, 2.75) is 43.5 Å². The van der Waals surface area contributed by atoms with E-state index in [0.29, 0.717) is 13.1 Å². The molecule has 0 radical (unpaired) electrons. The third kappa shape index (κ3) is 4.99. The van der Waals surface area contributed by atoms with Gasteiger partial charge >= 0.3 is 0 Å². The van der Waals surface area contributed by atoms with Crippen LogP contribution in [0.15, 0.2) is 47.4 Å². The van der Waals surface area contributed by atoms with Crippen molar-refractivity contribution in [2.24, 2.45) is 0 Å². The van der Waals surface area contributed by atoms with Crippen molar-refractivity contribution >= 4 is 15.9 Å². The Bertz CT molecular complexity index is 985. The minimum absolute atomic E-state index is 0.00557. The maximum atomic E-state index is 13.2. The Morgan fingerprint density at radius 1 is 1.07 bits per heavy atom. The molecule has 2 aromatic rings. The summed E-state index contributed by atoms with van der Waals surface area (Å²) >= 11 is 0. The fourth-order valence-electron chi connectivity index (χ4n) is 3.56. The zero-order chi connectivity index (χ0) is 21.7. The van der Waals surface area contributed by atoms with Crippen LogP contribution in [0.25, 0.3) is 0 Å². The lowest BCUT2D eigenvalue weighted by molar-refractivity contribution is 0.0939. The van der Waals surface area contributed by atoms with Gasteiger partial charge in [-0.15, -0.1) is 0 Å². The number of rotatable bonds is 6. The number of nitrogens with one attached hydrogen (secondary N) is 1. The van der Waals surface area contributed by atoms with Crippen LogP contribution in [-0.2, 0) is 10.0 Å². The Kier molecular flexibility index (Phi) is 7.10. The van der Waals surface area contributed by atoms with Crippen molar-refractivity contribution in [1.82, 2.24) is 9.62 Å². The van der Waals surface area contributed by atoms with Crippen LogP contribution in [-0.4, -0.2) is 38.8 Å². The number of hydrogen-bond donors (Lipinski definition) is 1. The highest BCUT2D eigenvalue weighted by molar-refractivity contribution is 7.89. The molecule has 3 rings (SSSR count). The zero-order valence-corrected chi connectivity index (χ0v) is 18.0. The predicted molar refractivity (Wildman–Crippen MR) is 113 cm³/mol.